The van der Waals surface area contributed by atoms with Crippen LogP contribution in [0.25, 0.3) is 5.69 Å². The summed E-state index contributed by atoms with van der Waals surface area (Å²) in [4.78, 5) is 13.4. The van der Waals surface area contributed by atoms with E-state index in [1.807, 2.05) is 56.3 Å². The molecule has 0 aliphatic carbocycles. The number of aromatic nitrogens is 2. The van der Waals surface area contributed by atoms with Crippen LogP contribution in [0.4, 0.5) is 5.82 Å². The highest BCUT2D eigenvalue weighted by atomic mass is 32.2. The summed E-state index contributed by atoms with van der Waals surface area (Å²) in [7, 11) is -3.85. The third-order valence-electron chi connectivity index (χ3n) is 5.87. The summed E-state index contributed by atoms with van der Waals surface area (Å²) in [6.07, 6.45) is 0. The van der Waals surface area contributed by atoms with E-state index in [4.69, 9.17) is 5.10 Å². The smallest absolute Gasteiger partial charge is 0.244 e. The van der Waals surface area contributed by atoms with E-state index < -0.39 is 15.9 Å². The van der Waals surface area contributed by atoms with Gasteiger partial charge in [-0.25, -0.2) is 13.1 Å². The van der Waals surface area contributed by atoms with Gasteiger partial charge < -0.3 is 5.32 Å². The van der Waals surface area contributed by atoms with Crippen molar-refractivity contribution in [2.24, 2.45) is 0 Å². The third kappa shape index (κ3) is 5.82. The second kappa shape index (κ2) is 9.95. The molecule has 0 atom stereocenters. The van der Waals surface area contributed by atoms with Gasteiger partial charge in [0.1, 0.15) is 5.82 Å². The molecule has 0 aliphatic heterocycles. The second-order valence-electron chi connectivity index (χ2n) is 10.1. The molecule has 188 valence electrons. The molecular weight excluding hydrogens is 460 g/mol. The first-order chi connectivity index (χ1) is 16.2. The van der Waals surface area contributed by atoms with Crippen LogP contribution in [0.15, 0.2) is 47.4 Å². The van der Waals surface area contributed by atoms with E-state index in [1.165, 1.54) is 4.31 Å². The van der Waals surface area contributed by atoms with Gasteiger partial charge >= 0.3 is 0 Å². The van der Waals surface area contributed by atoms with Gasteiger partial charge in [-0.2, -0.15) is 9.40 Å². The lowest BCUT2D eigenvalue weighted by Crippen LogP contribution is -2.38. The molecule has 1 amide bonds. The number of nitrogens with one attached hydrogen (secondary N) is 1. The Labute approximate surface area is 209 Å². The van der Waals surface area contributed by atoms with Gasteiger partial charge in [0.25, 0.3) is 0 Å². The Morgan fingerprint density at radius 1 is 1.00 bits per heavy atom. The summed E-state index contributed by atoms with van der Waals surface area (Å²) in [6, 6.07) is 13.4. The van der Waals surface area contributed by atoms with Crippen LogP contribution in [0.1, 0.15) is 55.6 Å². The molecule has 7 nitrogen and oxygen atoms in total. The molecule has 2 aromatic carbocycles. The normalized spacial score (nSPS) is 12.3. The van der Waals surface area contributed by atoms with Crippen molar-refractivity contribution in [2.45, 2.75) is 65.7 Å². The number of likely N-dealkylation sites (N-methyl/N-ethyl adjacent to an activating group) is 1. The largest absolute Gasteiger partial charge is 0.309 e. The van der Waals surface area contributed by atoms with Crippen LogP contribution in [-0.4, -0.2) is 41.5 Å². The Morgan fingerprint density at radius 2 is 1.63 bits per heavy atom. The van der Waals surface area contributed by atoms with Crippen LogP contribution >= 0.6 is 0 Å². The Morgan fingerprint density at radius 3 is 2.17 bits per heavy atom. The zero-order chi connectivity index (χ0) is 26.1. The molecule has 0 unspecified atom stereocenters. The van der Waals surface area contributed by atoms with E-state index in [0.29, 0.717) is 16.9 Å². The molecule has 0 bridgehead atoms. The molecule has 1 N–H and O–H groups in total. The summed E-state index contributed by atoms with van der Waals surface area (Å²) in [5, 5.41) is 7.65. The van der Waals surface area contributed by atoms with Crippen molar-refractivity contribution in [3.63, 3.8) is 0 Å². The Balaban J connectivity index is 1.93. The van der Waals surface area contributed by atoms with Crippen LogP contribution < -0.4 is 5.32 Å². The summed E-state index contributed by atoms with van der Waals surface area (Å²) in [5.41, 5.74) is 4.83. The summed E-state index contributed by atoms with van der Waals surface area (Å²) < 4.78 is 29.9. The van der Waals surface area contributed by atoms with Crippen LogP contribution in [0.3, 0.4) is 0 Å². The van der Waals surface area contributed by atoms with Crippen molar-refractivity contribution < 1.29 is 13.2 Å². The summed E-state index contributed by atoms with van der Waals surface area (Å²) in [5.74, 6) is 0.0776. The second-order valence-corrected chi connectivity index (χ2v) is 12.0. The van der Waals surface area contributed by atoms with Crippen LogP contribution in [-0.2, 0) is 20.2 Å². The molecule has 8 heteroatoms. The maximum absolute atomic E-state index is 13.5. The van der Waals surface area contributed by atoms with Crippen LogP contribution in [0.5, 0.6) is 0 Å². The van der Waals surface area contributed by atoms with Gasteiger partial charge in [0.05, 0.1) is 22.8 Å². The molecule has 0 aliphatic rings. The number of anilines is 1. The van der Waals surface area contributed by atoms with E-state index in [2.05, 4.69) is 26.1 Å². The van der Waals surface area contributed by atoms with E-state index >= 15 is 0 Å². The fourth-order valence-electron chi connectivity index (χ4n) is 4.21. The number of sulfonamides is 1. The topological polar surface area (TPSA) is 84.3 Å². The van der Waals surface area contributed by atoms with Crippen molar-refractivity contribution in [3.05, 3.63) is 70.4 Å². The van der Waals surface area contributed by atoms with Gasteiger partial charge in [0.15, 0.2) is 0 Å². The molecular formula is C27H36N4O3S. The number of benzene rings is 2. The highest BCUT2D eigenvalue weighted by Crippen LogP contribution is 2.28. The first-order valence-electron chi connectivity index (χ1n) is 11.8. The van der Waals surface area contributed by atoms with Gasteiger partial charge in [-0.15, -0.1) is 0 Å². The predicted octanol–water partition coefficient (Wildman–Crippen LogP) is 5.05. The minimum absolute atomic E-state index is 0.174. The van der Waals surface area contributed by atoms with Crippen molar-refractivity contribution in [1.82, 2.24) is 14.1 Å². The van der Waals surface area contributed by atoms with Crippen molar-refractivity contribution in [1.29, 1.82) is 0 Å². The molecule has 0 radical (unpaired) electrons. The zero-order valence-electron chi connectivity index (χ0n) is 21.9. The Hall–Kier alpha value is -2.97. The number of amides is 1. The lowest BCUT2D eigenvalue weighted by Gasteiger charge is -2.22. The maximum atomic E-state index is 13.5. The number of rotatable bonds is 7. The number of hydrogen-bond acceptors (Lipinski definition) is 4. The van der Waals surface area contributed by atoms with E-state index in [0.717, 1.165) is 22.5 Å². The van der Waals surface area contributed by atoms with E-state index in [9.17, 15) is 13.2 Å². The lowest BCUT2D eigenvalue weighted by molar-refractivity contribution is -0.116. The van der Waals surface area contributed by atoms with Gasteiger partial charge in [0.2, 0.25) is 15.9 Å². The SMILES string of the molecule is CCN(CC(=O)Nc1cc(C(C)(C)C)nn1-c1cccc(C)c1)S(=O)(=O)c1c(C)cc(C)cc1C. The fourth-order valence-corrected chi connectivity index (χ4v) is 6.02. The Kier molecular flexibility index (Phi) is 7.57. The fraction of sp³-hybridized carbons (Fsp3) is 0.407. The summed E-state index contributed by atoms with van der Waals surface area (Å²) in [6.45, 7) is 15.3. The molecule has 3 rings (SSSR count). The van der Waals surface area contributed by atoms with Gasteiger partial charge in [-0.3, -0.25) is 4.79 Å². The van der Waals surface area contributed by atoms with E-state index in [-0.39, 0.29) is 23.4 Å². The molecule has 0 fully saturated rings. The van der Waals surface area contributed by atoms with Gasteiger partial charge in [-0.1, -0.05) is 57.5 Å². The minimum Gasteiger partial charge on any atom is -0.309 e. The van der Waals surface area contributed by atoms with Gasteiger partial charge in [-0.05, 0) is 56.5 Å². The first-order valence-corrected chi connectivity index (χ1v) is 13.2. The molecule has 1 aromatic heterocycles. The minimum atomic E-state index is -3.85. The molecule has 3 aromatic rings. The molecule has 35 heavy (non-hydrogen) atoms. The average Bonchev–Trinajstić information content (AvgIpc) is 3.15. The number of aryl methyl sites for hydroxylation is 4. The number of nitrogens with zero attached hydrogens (tertiary/aromatic N) is 3. The summed E-state index contributed by atoms with van der Waals surface area (Å²) >= 11 is 0. The van der Waals surface area contributed by atoms with Crippen molar-refractivity contribution in [2.75, 3.05) is 18.4 Å². The highest BCUT2D eigenvalue weighted by Gasteiger charge is 2.29. The Bertz CT molecular complexity index is 1330. The van der Waals surface area contributed by atoms with Crippen LogP contribution in [0, 0.1) is 27.7 Å². The lowest BCUT2D eigenvalue weighted by atomic mass is 9.92. The quantitative estimate of drug-likeness (QED) is 0.496. The number of hydrogen-bond donors (Lipinski definition) is 1. The van der Waals surface area contributed by atoms with Crippen molar-refractivity contribution in [3.8, 4) is 5.69 Å². The first kappa shape index (κ1) is 26.6. The molecule has 0 spiro atoms. The van der Waals surface area contributed by atoms with Crippen LogP contribution in [0.2, 0.25) is 0 Å². The molecule has 0 saturated heterocycles. The number of carbonyl (C=O) groups is 1. The molecule has 0 saturated carbocycles. The monoisotopic (exact) mass is 496 g/mol. The molecule has 1 heterocycles. The highest BCUT2D eigenvalue weighted by molar-refractivity contribution is 7.89. The maximum Gasteiger partial charge on any atom is 0.244 e. The predicted molar refractivity (Wildman–Crippen MR) is 141 cm³/mol. The standard InChI is InChI=1S/C27H36N4O3S/c1-9-30(35(33,34)26-20(4)13-19(3)14-21(26)5)17-25(32)28-24-16-23(27(6,7)8)29-31(24)22-12-10-11-18(2)15-22/h10-16H,9,17H2,1-8H3,(H,28,32). The van der Waals surface area contributed by atoms with Gasteiger partial charge in [0, 0.05) is 18.0 Å². The number of carbonyl (C=O) groups excluding carboxylic acids is 1. The van der Waals surface area contributed by atoms with Crippen molar-refractivity contribution >= 4 is 21.7 Å². The zero-order valence-corrected chi connectivity index (χ0v) is 22.7. The average molecular weight is 497 g/mol. The third-order valence-corrected chi connectivity index (χ3v) is 8.09. The van der Waals surface area contributed by atoms with E-state index in [1.54, 1.807) is 25.5 Å².